The van der Waals surface area contributed by atoms with E-state index in [0.717, 1.165) is 5.69 Å². The van der Waals surface area contributed by atoms with E-state index < -0.39 is 0 Å². The molecule has 2 rings (SSSR count). The van der Waals surface area contributed by atoms with Crippen LogP contribution in [0.15, 0.2) is 30.5 Å². The molecule has 0 aliphatic carbocycles. The van der Waals surface area contributed by atoms with Gasteiger partial charge in [0.25, 0.3) is 0 Å². The van der Waals surface area contributed by atoms with Crippen molar-refractivity contribution in [3.63, 3.8) is 0 Å². The maximum Gasteiger partial charge on any atom is 0.167 e. The Labute approximate surface area is 93.3 Å². The minimum Gasteiger partial charge on any atom is -0.454 e. The normalized spacial score (nSPS) is 10.1. The second-order valence-corrected chi connectivity index (χ2v) is 3.55. The van der Waals surface area contributed by atoms with E-state index in [0.29, 0.717) is 17.1 Å². The van der Waals surface area contributed by atoms with E-state index in [-0.39, 0.29) is 5.78 Å². The van der Waals surface area contributed by atoms with Gasteiger partial charge in [0.05, 0.1) is 11.9 Å². The van der Waals surface area contributed by atoms with Crippen LogP contribution in [0.1, 0.15) is 23.0 Å². The summed E-state index contributed by atoms with van der Waals surface area (Å²) >= 11 is 0. The van der Waals surface area contributed by atoms with E-state index in [1.165, 1.54) is 6.92 Å². The number of hydrogen-bond donors (Lipinski definition) is 1. The summed E-state index contributed by atoms with van der Waals surface area (Å²) in [7, 11) is 0. The van der Waals surface area contributed by atoms with Crippen molar-refractivity contribution in [2.45, 2.75) is 13.8 Å². The lowest BCUT2D eigenvalue weighted by Crippen LogP contribution is -1.92. The zero-order valence-electron chi connectivity index (χ0n) is 9.15. The van der Waals surface area contributed by atoms with Crippen molar-refractivity contribution in [3.8, 4) is 11.5 Å². The van der Waals surface area contributed by atoms with Crippen molar-refractivity contribution in [2.24, 2.45) is 0 Å². The first-order chi connectivity index (χ1) is 7.66. The van der Waals surface area contributed by atoms with E-state index in [1.807, 2.05) is 6.92 Å². The van der Waals surface area contributed by atoms with Gasteiger partial charge in [0.15, 0.2) is 11.5 Å². The highest BCUT2D eigenvalue weighted by molar-refractivity contribution is 5.94. The van der Waals surface area contributed by atoms with Crippen molar-refractivity contribution < 1.29 is 9.53 Å². The Bertz CT molecular complexity index is 517. The standard InChI is InChI=1S/C12H12N2O2/c1-8-12(7-13-14-8)16-11-5-3-4-10(6-11)9(2)15/h3-7H,1-2H3,(H,13,14). The third kappa shape index (κ3) is 2.11. The first-order valence-electron chi connectivity index (χ1n) is 4.95. The molecule has 0 saturated carbocycles. The summed E-state index contributed by atoms with van der Waals surface area (Å²) in [5, 5.41) is 6.64. The summed E-state index contributed by atoms with van der Waals surface area (Å²) in [5.41, 5.74) is 1.49. The van der Waals surface area contributed by atoms with E-state index in [1.54, 1.807) is 30.5 Å². The number of aryl methyl sites for hydroxylation is 1. The van der Waals surface area contributed by atoms with Gasteiger partial charge in [0, 0.05) is 5.56 Å². The summed E-state index contributed by atoms with van der Waals surface area (Å²) < 4.78 is 5.59. The molecular formula is C12H12N2O2. The van der Waals surface area contributed by atoms with Gasteiger partial charge in [-0.15, -0.1) is 0 Å². The van der Waals surface area contributed by atoms with E-state index in [4.69, 9.17) is 4.74 Å². The number of aromatic amines is 1. The van der Waals surface area contributed by atoms with E-state index in [2.05, 4.69) is 10.2 Å². The van der Waals surface area contributed by atoms with Crippen LogP contribution in [0.5, 0.6) is 11.5 Å². The molecule has 0 saturated heterocycles. The summed E-state index contributed by atoms with van der Waals surface area (Å²) in [6, 6.07) is 7.08. The zero-order chi connectivity index (χ0) is 11.5. The Morgan fingerprint density at radius 2 is 2.25 bits per heavy atom. The van der Waals surface area contributed by atoms with Gasteiger partial charge in [0.1, 0.15) is 5.75 Å². The van der Waals surface area contributed by atoms with Crippen LogP contribution in [-0.2, 0) is 0 Å². The second kappa shape index (κ2) is 4.18. The van der Waals surface area contributed by atoms with Crippen LogP contribution in [-0.4, -0.2) is 16.0 Å². The van der Waals surface area contributed by atoms with Crippen molar-refractivity contribution in [2.75, 3.05) is 0 Å². The lowest BCUT2D eigenvalue weighted by Gasteiger charge is -2.04. The van der Waals surface area contributed by atoms with Crippen LogP contribution in [0, 0.1) is 6.92 Å². The van der Waals surface area contributed by atoms with Crippen LogP contribution < -0.4 is 4.74 Å². The number of ketones is 1. The summed E-state index contributed by atoms with van der Waals surface area (Å²) in [6.07, 6.45) is 1.61. The molecule has 0 unspecified atom stereocenters. The van der Waals surface area contributed by atoms with Crippen LogP contribution >= 0.6 is 0 Å². The average molecular weight is 216 g/mol. The van der Waals surface area contributed by atoms with Gasteiger partial charge >= 0.3 is 0 Å². The number of aromatic nitrogens is 2. The largest absolute Gasteiger partial charge is 0.454 e. The molecule has 1 aromatic carbocycles. The molecule has 4 heteroatoms. The van der Waals surface area contributed by atoms with Gasteiger partial charge in [-0.05, 0) is 26.0 Å². The summed E-state index contributed by atoms with van der Waals surface area (Å²) in [4.78, 5) is 11.2. The molecule has 82 valence electrons. The number of H-pyrrole nitrogens is 1. The second-order valence-electron chi connectivity index (χ2n) is 3.55. The highest BCUT2D eigenvalue weighted by Crippen LogP contribution is 2.23. The van der Waals surface area contributed by atoms with Gasteiger partial charge in [-0.2, -0.15) is 5.10 Å². The fourth-order valence-corrected chi connectivity index (χ4v) is 1.35. The van der Waals surface area contributed by atoms with E-state index >= 15 is 0 Å². The molecule has 4 nitrogen and oxygen atoms in total. The highest BCUT2D eigenvalue weighted by Gasteiger charge is 2.05. The number of carbonyl (C=O) groups is 1. The van der Waals surface area contributed by atoms with Crippen molar-refractivity contribution >= 4 is 5.78 Å². The first kappa shape index (κ1) is 10.4. The van der Waals surface area contributed by atoms with Gasteiger partial charge in [-0.25, -0.2) is 0 Å². The molecule has 0 amide bonds. The number of Topliss-reactive ketones (excluding diaryl/α,β-unsaturated/α-hetero) is 1. The molecule has 0 aliphatic rings. The lowest BCUT2D eigenvalue weighted by atomic mass is 10.1. The molecule has 0 spiro atoms. The minimum absolute atomic E-state index is 0.0226. The predicted molar refractivity (Wildman–Crippen MR) is 59.8 cm³/mol. The maximum absolute atomic E-state index is 11.2. The summed E-state index contributed by atoms with van der Waals surface area (Å²) in [5.74, 6) is 1.33. The molecule has 16 heavy (non-hydrogen) atoms. The van der Waals surface area contributed by atoms with Crippen LogP contribution in [0.25, 0.3) is 0 Å². The van der Waals surface area contributed by atoms with Gasteiger partial charge < -0.3 is 4.74 Å². The molecule has 0 radical (unpaired) electrons. The highest BCUT2D eigenvalue weighted by atomic mass is 16.5. The Morgan fingerprint density at radius 1 is 1.44 bits per heavy atom. The third-order valence-corrected chi connectivity index (χ3v) is 2.25. The Hall–Kier alpha value is -2.10. The Morgan fingerprint density at radius 3 is 2.88 bits per heavy atom. The van der Waals surface area contributed by atoms with Gasteiger partial charge in [-0.3, -0.25) is 9.89 Å². The third-order valence-electron chi connectivity index (χ3n) is 2.25. The molecule has 0 bridgehead atoms. The molecule has 0 atom stereocenters. The molecule has 1 aromatic heterocycles. The van der Waals surface area contributed by atoms with Crippen molar-refractivity contribution in [1.29, 1.82) is 0 Å². The zero-order valence-corrected chi connectivity index (χ0v) is 9.15. The number of nitrogens with one attached hydrogen (secondary N) is 1. The number of nitrogens with zero attached hydrogens (tertiary/aromatic N) is 1. The smallest absolute Gasteiger partial charge is 0.167 e. The Kier molecular flexibility index (Phi) is 2.72. The number of rotatable bonds is 3. The van der Waals surface area contributed by atoms with Crippen molar-refractivity contribution in [1.82, 2.24) is 10.2 Å². The molecule has 1 N–H and O–H groups in total. The first-order valence-corrected chi connectivity index (χ1v) is 4.95. The number of ether oxygens (including phenoxy) is 1. The van der Waals surface area contributed by atoms with Gasteiger partial charge in [-0.1, -0.05) is 12.1 Å². The van der Waals surface area contributed by atoms with Crippen LogP contribution in [0.3, 0.4) is 0 Å². The molecule has 0 aliphatic heterocycles. The van der Waals surface area contributed by atoms with E-state index in [9.17, 15) is 4.79 Å². The fourth-order valence-electron chi connectivity index (χ4n) is 1.35. The number of benzene rings is 1. The van der Waals surface area contributed by atoms with Crippen LogP contribution in [0.4, 0.5) is 0 Å². The number of carbonyl (C=O) groups excluding carboxylic acids is 1. The molecular weight excluding hydrogens is 204 g/mol. The Balaban J connectivity index is 2.25. The van der Waals surface area contributed by atoms with Crippen LogP contribution in [0.2, 0.25) is 0 Å². The average Bonchev–Trinajstić information content (AvgIpc) is 2.65. The fraction of sp³-hybridized carbons (Fsp3) is 0.167. The van der Waals surface area contributed by atoms with Gasteiger partial charge in [0.2, 0.25) is 0 Å². The topological polar surface area (TPSA) is 55.0 Å². The predicted octanol–water partition coefficient (Wildman–Crippen LogP) is 2.71. The van der Waals surface area contributed by atoms with Crippen molar-refractivity contribution in [3.05, 3.63) is 41.7 Å². The summed E-state index contributed by atoms with van der Waals surface area (Å²) in [6.45, 7) is 3.40. The SMILES string of the molecule is CC(=O)c1cccc(Oc2cn[nH]c2C)c1. The monoisotopic (exact) mass is 216 g/mol. The molecule has 0 fully saturated rings. The molecule has 1 heterocycles. The molecule has 2 aromatic rings. The lowest BCUT2D eigenvalue weighted by molar-refractivity contribution is 0.101. The maximum atomic E-state index is 11.2. The number of hydrogen-bond acceptors (Lipinski definition) is 3. The quantitative estimate of drug-likeness (QED) is 0.802. The minimum atomic E-state index is 0.0226.